The van der Waals surface area contributed by atoms with Gasteiger partial charge in [-0.15, -0.1) is 0 Å². The Morgan fingerprint density at radius 2 is 1.34 bits per heavy atom. The molecule has 3 aromatic rings. The molecule has 39 heteroatoms. The number of piperazine rings is 1. The van der Waals surface area contributed by atoms with Crippen LogP contribution in [-0.2, 0) is 52.7 Å². The number of aryl methyl sites for hydroxylation is 2. The Balaban J connectivity index is 1.23. The van der Waals surface area contributed by atoms with Gasteiger partial charge in [-0.1, -0.05) is 56.7 Å². The van der Waals surface area contributed by atoms with E-state index in [2.05, 4.69) is 67.0 Å². The summed E-state index contributed by atoms with van der Waals surface area (Å²) >= 11 is 7.43. The molecule has 0 unspecified atom stereocenters. The van der Waals surface area contributed by atoms with Gasteiger partial charge in [0.2, 0.25) is 29.5 Å². The second-order valence-electron chi connectivity index (χ2n) is 19.6. The molecule has 19 N–H and O–H groups in total. The fraction of sp³-hybridized carbons (Fsp3) is 0.490. The molecule has 492 valence electrons. The number of nitrogens with two attached hydrogens (primary N) is 3. The lowest BCUT2D eigenvalue weighted by atomic mass is 10.1. The van der Waals surface area contributed by atoms with Crippen LogP contribution in [0.2, 0.25) is 5.02 Å². The number of hydrogen-bond donors (Lipinski definition) is 16. The summed E-state index contributed by atoms with van der Waals surface area (Å²) in [5, 5.41) is 67.7. The molecule has 1 aliphatic heterocycles. The van der Waals surface area contributed by atoms with E-state index in [1.165, 1.54) is 6.20 Å². The smallest absolute Gasteiger partial charge is 0.407 e. The number of aliphatic imine (C=N–C) groups is 1. The Bertz CT molecular complexity index is 3080. The zero-order valence-electron chi connectivity index (χ0n) is 48.4. The van der Waals surface area contributed by atoms with Crippen molar-refractivity contribution in [3.63, 3.8) is 0 Å². The van der Waals surface area contributed by atoms with Crippen molar-refractivity contribution in [1.29, 1.82) is 0 Å². The van der Waals surface area contributed by atoms with Crippen LogP contribution in [0.15, 0.2) is 35.5 Å². The van der Waals surface area contributed by atoms with Crippen LogP contribution < -0.4 is 64.6 Å². The van der Waals surface area contributed by atoms with E-state index in [1.54, 1.807) is 25.1 Å². The number of hydrogen-bond acceptors (Lipinski definition) is 24. The van der Waals surface area contributed by atoms with Crippen LogP contribution in [-0.4, -0.2) is 223 Å². The third-order valence-electron chi connectivity index (χ3n) is 12.6. The van der Waals surface area contributed by atoms with E-state index in [0.29, 0.717) is 70.9 Å². The summed E-state index contributed by atoms with van der Waals surface area (Å²) in [6.45, 7) is 6.64. The zero-order chi connectivity index (χ0) is 66.6. The van der Waals surface area contributed by atoms with E-state index < -0.39 is 134 Å². The quantitative estimate of drug-likeness (QED) is 0.0136. The second kappa shape index (κ2) is 37.2. The van der Waals surface area contributed by atoms with Crippen molar-refractivity contribution < 1.29 is 87.8 Å². The Labute approximate surface area is 530 Å². The number of benzene rings is 1. The molecule has 3 heterocycles. The van der Waals surface area contributed by atoms with E-state index in [9.17, 15) is 78.0 Å². The van der Waals surface area contributed by atoms with E-state index in [1.807, 2.05) is 18.3 Å². The number of aromatic nitrogens is 3. The van der Waals surface area contributed by atoms with Crippen molar-refractivity contribution in [2.24, 2.45) is 22.2 Å². The van der Waals surface area contributed by atoms with E-state index in [0.717, 1.165) is 38.5 Å². The van der Waals surface area contributed by atoms with E-state index in [-0.39, 0.29) is 55.9 Å². The molecular weight excluding hydrogens is 1270 g/mol. The highest BCUT2D eigenvalue weighted by Crippen LogP contribution is 2.29. The number of thiazole rings is 1. The lowest BCUT2D eigenvalue weighted by molar-refractivity contribution is -0.144. The molecule has 35 nitrogen and oxygen atoms in total. The topological polar surface area (TPSA) is 547 Å². The molecule has 0 radical (unpaired) electrons. The Morgan fingerprint density at radius 1 is 0.756 bits per heavy atom. The number of rotatable bonds is 38. The highest BCUT2D eigenvalue weighted by atomic mass is 35.5. The average molecular weight is 1340 g/mol. The van der Waals surface area contributed by atoms with Crippen LogP contribution in [0.5, 0.6) is 0 Å². The Morgan fingerprint density at radius 3 is 1.92 bits per heavy atom. The predicted molar refractivity (Wildman–Crippen MR) is 328 cm³/mol. The zero-order valence-corrected chi connectivity index (χ0v) is 51.6. The first-order valence-corrected chi connectivity index (χ1v) is 31.0. The number of carbonyl (C=O) groups excluding carboxylic acids is 7. The summed E-state index contributed by atoms with van der Waals surface area (Å²) in [4.78, 5) is 173. The van der Waals surface area contributed by atoms with Crippen molar-refractivity contribution in [2.75, 3.05) is 79.5 Å². The van der Waals surface area contributed by atoms with Gasteiger partial charge in [0.1, 0.15) is 65.2 Å². The minimum absolute atomic E-state index is 0.0868. The summed E-state index contributed by atoms with van der Waals surface area (Å²) in [5.41, 5.74) is 17.4. The third kappa shape index (κ3) is 26.5. The molecule has 2 aromatic heterocycles. The lowest BCUT2D eigenvalue weighted by Crippen LogP contribution is -2.59. The van der Waals surface area contributed by atoms with E-state index >= 15 is 0 Å². The first-order valence-electron chi connectivity index (χ1n) is 27.3. The monoisotopic (exact) mass is 1340 g/mol. The predicted octanol–water partition coefficient (Wildman–Crippen LogP) is -1.39. The molecule has 7 amide bonds. The van der Waals surface area contributed by atoms with Gasteiger partial charge in [-0.2, -0.15) is 0 Å². The van der Waals surface area contributed by atoms with Crippen LogP contribution in [0.3, 0.4) is 0 Å². The van der Waals surface area contributed by atoms with E-state index in [4.69, 9.17) is 38.6 Å². The molecule has 0 saturated carbocycles. The molecule has 0 aliphatic carbocycles. The number of ether oxygens (including phenoxy) is 1. The summed E-state index contributed by atoms with van der Waals surface area (Å²) in [6, 6.07) is -3.85. The van der Waals surface area contributed by atoms with Gasteiger partial charge in [-0.3, -0.25) is 57.8 Å². The Hall–Kier alpha value is -8.85. The van der Waals surface area contributed by atoms with Crippen LogP contribution in [0.4, 0.5) is 27.2 Å². The molecule has 1 fully saturated rings. The number of carboxylic acids is 5. The number of para-hydroxylation sites is 1. The second-order valence-corrected chi connectivity index (χ2v) is 23.7. The van der Waals surface area contributed by atoms with Gasteiger partial charge < -0.3 is 94.9 Å². The van der Waals surface area contributed by atoms with Gasteiger partial charge in [0.25, 0.3) is 5.91 Å². The highest BCUT2D eigenvalue weighted by molar-refractivity contribution is 8.76. The average Bonchev–Trinajstić information content (AvgIpc) is 2.11. The first-order chi connectivity index (χ1) is 42.6. The molecule has 90 heavy (non-hydrogen) atoms. The standard InChI is InChI=1S/C51H70ClN17O18S3/c1-25-5-3-6-27(52)41(25)67-46(81)34-23-58-50(90-34)66-35-22-36(60-26(2)59-35)69-15-13-68(14-16-69)12-11-57-51(86)87-17-18-88-89-24-33(48(84)85)65-45(80)32(21-40(75)76)64-44(79)31(20-39(73)74)63-42(77)29(7-4-10-56-49(54)55)62-43(78)30(19-38(71)72)61-37(70)9-8-28(53)47(82)83/h3,5-6,22-23,28-33H,4,7-21,24,53H2,1-2H3,(H,57,86)(H,61,70)(H,62,78)(H,63,77)(H,64,79)(H,65,80)(H,67,81)(H,71,72)(H,73,74)(H,75,76)(H,82,83)(H,84,85)(H4,54,55,56)(H,58,59,60,66)/t28-,29-,30-,31-,32-,33-/m0/s1. The number of halogens is 1. The molecule has 1 aromatic carbocycles. The van der Waals surface area contributed by atoms with Crippen molar-refractivity contribution in [3.8, 4) is 0 Å². The van der Waals surface area contributed by atoms with Gasteiger partial charge in [-0.05, 0) is 44.7 Å². The number of alkyl carbamates (subject to hydrolysis) is 1. The SMILES string of the molecule is Cc1nc(Nc2ncc(C(=O)Nc3c(C)cccc3Cl)s2)cc(N2CCN(CCNC(=O)OCCSSC[C@H](NC(=O)[C@H](CC(=O)O)NC(=O)[C@H](CC(=O)O)NC(=O)[C@H](CCCN=C(N)N)NC(=O)[C@H](CC(=O)O)NC(=O)CC[C@H](N)C(=O)O)C(=O)O)CC2)n1. The lowest BCUT2D eigenvalue weighted by Gasteiger charge is -2.35. The molecule has 1 saturated heterocycles. The normalized spacial score (nSPS) is 14.1. The molecule has 4 rings (SSSR count). The molecule has 1 aliphatic rings. The number of amides is 7. The van der Waals surface area contributed by atoms with Gasteiger partial charge in [0.05, 0.1) is 36.2 Å². The van der Waals surface area contributed by atoms with Gasteiger partial charge in [-0.25, -0.2) is 24.5 Å². The summed E-state index contributed by atoms with van der Waals surface area (Å²) in [7, 11) is 2.00. The minimum Gasteiger partial charge on any atom is -0.481 e. The Kier molecular flexibility index (Phi) is 30.4. The maximum atomic E-state index is 13.7. The van der Waals surface area contributed by atoms with Crippen molar-refractivity contribution in [2.45, 2.75) is 95.0 Å². The number of aliphatic carboxylic acids is 5. The molecule has 0 spiro atoms. The number of carbonyl (C=O) groups is 12. The minimum atomic E-state index is -2.11. The molecule has 0 bridgehead atoms. The van der Waals surface area contributed by atoms with Crippen molar-refractivity contribution >= 4 is 144 Å². The fourth-order valence-electron chi connectivity index (χ4n) is 8.07. The van der Waals surface area contributed by atoms with Crippen molar-refractivity contribution in [3.05, 3.63) is 51.7 Å². The largest absolute Gasteiger partial charge is 0.481 e. The third-order valence-corrected chi connectivity index (χ3v) is 16.2. The number of nitrogens with one attached hydrogen (secondary N) is 8. The highest BCUT2D eigenvalue weighted by Gasteiger charge is 2.35. The maximum absolute atomic E-state index is 13.7. The maximum Gasteiger partial charge on any atom is 0.407 e. The number of guanidine groups is 1. The summed E-state index contributed by atoms with van der Waals surface area (Å²) in [6.07, 6.45) is -4.09. The van der Waals surface area contributed by atoms with Crippen LogP contribution in [0.25, 0.3) is 0 Å². The number of carboxylic acid groups (broad SMARTS) is 5. The molecule has 6 atom stereocenters. The number of nitrogens with zero attached hydrogens (tertiary/aromatic N) is 6. The summed E-state index contributed by atoms with van der Waals surface area (Å²) in [5.74, 6) is -13.5. The fourth-order valence-corrected chi connectivity index (χ4v) is 11.0. The van der Waals surface area contributed by atoms with Crippen molar-refractivity contribution in [1.82, 2.24) is 51.8 Å². The van der Waals surface area contributed by atoms with Gasteiger partial charge in [0, 0.05) is 69.8 Å². The first kappa shape index (κ1) is 73.6. The van der Waals surface area contributed by atoms with Gasteiger partial charge >= 0.3 is 35.9 Å². The van der Waals surface area contributed by atoms with Crippen LogP contribution in [0, 0.1) is 13.8 Å². The molecular formula is C51H70ClN17O18S3. The van der Waals surface area contributed by atoms with Crippen LogP contribution >= 0.6 is 44.5 Å². The van der Waals surface area contributed by atoms with Crippen LogP contribution in [0.1, 0.15) is 66.0 Å². The summed E-state index contributed by atoms with van der Waals surface area (Å²) < 4.78 is 5.24. The number of anilines is 4. The van der Waals surface area contributed by atoms with Gasteiger partial charge in [0.15, 0.2) is 11.1 Å².